The van der Waals surface area contributed by atoms with Crippen molar-refractivity contribution >= 4 is 5.91 Å². The van der Waals surface area contributed by atoms with Crippen LogP contribution in [-0.4, -0.2) is 24.5 Å². The predicted molar refractivity (Wildman–Crippen MR) is 74.4 cm³/mol. The Kier molecular flexibility index (Phi) is 4.31. The first-order valence-corrected chi connectivity index (χ1v) is 7.53. The van der Waals surface area contributed by atoms with E-state index in [-0.39, 0.29) is 11.3 Å². The van der Waals surface area contributed by atoms with E-state index in [1.54, 1.807) is 0 Å². The van der Waals surface area contributed by atoms with Crippen molar-refractivity contribution in [3.05, 3.63) is 0 Å². The maximum Gasteiger partial charge on any atom is 0.223 e. The molecule has 104 valence electrons. The lowest BCUT2D eigenvalue weighted by Gasteiger charge is -2.39. The molecule has 1 amide bonds. The third-order valence-corrected chi connectivity index (χ3v) is 4.79. The molecule has 1 aliphatic carbocycles. The standard InChI is InChI=1S/C15H28N2O/c1-11-10-12(7-9-16-11)17-14(18)13-6-4-5-8-15(13,2)3/h11-13,16H,4-10H2,1-3H3,(H,17,18). The van der Waals surface area contributed by atoms with E-state index in [0.29, 0.717) is 18.0 Å². The first kappa shape index (κ1) is 13.9. The Bertz CT molecular complexity index is 301. The zero-order valence-electron chi connectivity index (χ0n) is 12.1. The van der Waals surface area contributed by atoms with Gasteiger partial charge >= 0.3 is 0 Å². The molecule has 3 heteroatoms. The van der Waals surface area contributed by atoms with Crippen LogP contribution >= 0.6 is 0 Å². The highest BCUT2D eigenvalue weighted by molar-refractivity contribution is 5.79. The monoisotopic (exact) mass is 252 g/mol. The Hall–Kier alpha value is -0.570. The Morgan fingerprint density at radius 3 is 2.72 bits per heavy atom. The van der Waals surface area contributed by atoms with Crippen molar-refractivity contribution in [2.45, 2.75) is 71.4 Å². The van der Waals surface area contributed by atoms with E-state index in [4.69, 9.17) is 0 Å². The van der Waals surface area contributed by atoms with Gasteiger partial charge in [0.15, 0.2) is 0 Å². The maximum absolute atomic E-state index is 12.5. The molecule has 0 aromatic carbocycles. The summed E-state index contributed by atoms with van der Waals surface area (Å²) in [6, 6.07) is 0.912. The summed E-state index contributed by atoms with van der Waals surface area (Å²) in [5.41, 5.74) is 0.181. The van der Waals surface area contributed by atoms with E-state index in [1.807, 2.05) is 0 Å². The molecule has 1 saturated heterocycles. The summed E-state index contributed by atoms with van der Waals surface area (Å²) in [6.45, 7) is 7.73. The molecule has 3 atom stereocenters. The minimum absolute atomic E-state index is 0.181. The molecule has 0 radical (unpaired) electrons. The van der Waals surface area contributed by atoms with Gasteiger partial charge in [-0.1, -0.05) is 26.7 Å². The second kappa shape index (κ2) is 5.60. The fourth-order valence-corrected chi connectivity index (χ4v) is 3.54. The topological polar surface area (TPSA) is 41.1 Å². The molecule has 2 rings (SSSR count). The van der Waals surface area contributed by atoms with Gasteiger partial charge in [0.05, 0.1) is 0 Å². The van der Waals surface area contributed by atoms with Gasteiger partial charge in [-0.2, -0.15) is 0 Å². The van der Waals surface area contributed by atoms with Crippen LogP contribution in [0.2, 0.25) is 0 Å². The number of hydrogen-bond acceptors (Lipinski definition) is 2. The molecule has 0 bridgehead atoms. The van der Waals surface area contributed by atoms with Gasteiger partial charge in [-0.05, 0) is 44.6 Å². The minimum Gasteiger partial charge on any atom is -0.353 e. The number of hydrogen-bond donors (Lipinski definition) is 2. The van der Waals surface area contributed by atoms with Gasteiger partial charge in [0.25, 0.3) is 0 Å². The Balaban J connectivity index is 1.90. The number of piperidine rings is 1. The Labute approximate surface area is 111 Å². The Morgan fingerprint density at radius 2 is 2.06 bits per heavy atom. The quantitative estimate of drug-likeness (QED) is 0.792. The molecule has 0 aromatic rings. The molecule has 18 heavy (non-hydrogen) atoms. The number of amides is 1. The first-order chi connectivity index (χ1) is 8.49. The van der Waals surface area contributed by atoms with E-state index in [0.717, 1.165) is 25.8 Å². The van der Waals surface area contributed by atoms with Crippen molar-refractivity contribution in [1.29, 1.82) is 0 Å². The molecular formula is C15H28N2O. The molecule has 3 nitrogen and oxygen atoms in total. The normalized spacial score (nSPS) is 36.1. The lowest BCUT2D eigenvalue weighted by Crippen LogP contribution is -2.50. The number of nitrogens with one attached hydrogen (secondary N) is 2. The van der Waals surface area contributed by atoms with E-state index < -0.39 is 0 Å². The SMILES string of the molecule is CC1CC(NC(=O)C2CCCCC2(C)C)CCN1. The lowest BCUT2D eigenvalue weighted by atomic mass is 9.68. The number of carbonyl (C=O) groups is 1. The van der Waals surface area contributed by atoms with Crippen LogP contribution in [0.25, 0.3) is 0 Å². The van der Waals surface area contributed by atoms with Crippen LogP contribution in [0.4, 0.5) is 0 Å². The highest BCUT2D eigenvalue weighted by Crippen LogP contribution is 2.40. The summed E-state index contributed by atoms with van der Waals surface area (Å²) in [5.74, 6) is 0.523. The predicted octanol–water partition coefficient (Wildman–Crippen LogP) is 2.46. The van der Waals surface area contributed by atoms with Crippen molar-refractivity contribution in [3.8, 4) is 0 Å². The molecule has 0 aromatic heterocycles. The smallest absolute Gasteiger partial charge is 0.223 e. The van der Waals surface area contributed by atoms with Gasteiger partial charge in [-0.3, -0.25) is 4.79 Å². The number of rotatable bonds is 2. The third-order valence-electron chi connectivity index (χ3n) is 4.79. The van der Waals surface area contributed by atoms with Gasteiger partial charge in [0.1, 0.15) is 0 Å². The minimum atomic E-state index is 0.181. The Morgan fingerprint density at radius 1 is 1.28 bits per heavy atom. The van der Waals surface area contributed by atoms with Gasteiger partial charge < -0.3 is 10.6 Å². The van der Waals surface area contributed by atoms with E-state index >= 15 is 0 Å². The van der Waals surface area contributed by atoms with Gasteiger partial charge in [0.2, 0.25) is 5.91 Å². The molecule has 2 fully saturated rings. The van der Waals surface area contributed by atoms with Crippen molar-refractivity contribution in [3.63, 3.8) is 0 Å². The molecule has 0 spiro atoms. The average molecular weight is 252 g/mol. The fraction of sp³-hybridized carbons (Fsp3) is 0.933. The molecule has 2 aliphatic rings. The molecule has 1 heterocycles. The van der Waals surface area contributed by atoms with Crippen molar-refractivity contribution < 1.29 is 4.79 Å². The summed E-state index contributed by atoms with van der Waals surface area (Å²) >= 11 is 0. The van der Waals surface area contributed by atoms with Crippen LogP contribution < -0.4 is 10.6 Å². The molecule has 2 N–H and O–H groups in total. The second-order valence-electron chi connectivity index (χ2n) is 6.87. The average Bonchev–Trinajstić information content (AvgIpc) is 2.28. The zero-order valence-corrected chi connectivity index (χ0v) is 12.1. The summed E-state index contributed by atoms with van der Waals surface area (Å²) < 4.78 is 0. The van der Waals surface area contributed by atoms with Crippen LogP contribution in [0, 0.1) is 11.3 Å². The van der Waals surface area contributed by atoms with Crippen LogP contribution in [0.3, 0.4) is 0 Å². The maximum atomic E-state index is 12.5. The molecule has 1 aliphatic heterocycles. The van der Waals surface area contributed by atoms with Crippen LogP contribution in [0.5, 0.6) is 0 Å². The molecule has 1 saturated carbocycles. The van der Waals surface area contributed by atoms with Crippen molar-refractivity contribution in [2.75, 3.05) is 6.54 Å². The largest absolute Gasteiger partial charge is 0.353 e. The third kappa shape index (κ3) is 3.25. The van der Waals surface area contributed by atoms with Crippen LogP contribution in [0.1, 0.15) is 59.3 Å². The summed E-state index contributed by atoms with van der Waals surface area (Å²) in [6.07, 6.45) is 6.89. The molecular weight excluding hydrogens is 224 g/mol. The van der Waals surface area contributed by atoms with Crippen molar-refractivity contribution in [2.24, 2.45) is 11.3 Å². The summed E-state index contributed by atoms with van der Waals surface area (Å²) in [7, 11) is 0. The highest BCUT2D eigenvalue weighted by Gasteiger charge is 2.37. The zero-order chi connectivity index (χ0) is 13.2. The summed E-state index contributed by atoms with van der Waals surface area (Å²) in [5, 5.41) is 6.73. The van der Waals surface area contributed by atoms with Crippen LogP contribution in [0.15, 0.2) is 0 Å². The van der Waals surface area contributed by atoms with Gasteiger partial charge in [-0.25, -0.2) is 0 Å². The highest BCUT2D eigenvalue weighted by atomic mass is 16.2. The summed E-state index contributed by atoms with van der Waals surface area (Å²) in [4.78, 5) is 12.5. The lowest BCUT2D eigenvalue weighted by molar-refractivity contribution is -0.131. The molecule has 3 unspecified atom stereocenters. The van der Waals surface area contributed by atoms with E-state index in [2.05, 4.69) is 31.4 Å². The number of carbonyl (C=O) groups excluding carboxylic acids is 1. The first-order valence-electron chi connectivity index (χ1n) is 7.53. The van der Waals surface area contributed by atoms with Crippen molar-refractivity contribution in [1.82, 2.24) is 10.6 Å². The van der Waals surface area contributed by atoms with Crippen LogP contribution in [-0.2, 0) is 4.79 Å². The van der Waals surface area contributed by atoms with Gasteiger partial charge in [-0.15, -0.1) is 0 Å². The van der Waals surface area contributed by atoms with E-state index in [9.17, 15) is 4.79 Å². The fourth-order valence-electron chi connectivity index (χ4n) is 3.54. The van der Waals surface area contributed by atoms with E-state index in [1.165, 1.54) is 19.3 Å². The second-order valence-corrected chi connectivity index (χ2v) is 6.87. The van der Waals surface area contributed by atoms with Gasteiger partial charge in [0, 0.05) is 18.0 Å².